The monoisotopic (exact) mass is 350 g/mol. The van der Waals surface area contributed by atoms with Crippen molar-refractivity contribution < 1.29 is 9.35 Å². The molecule has 2 atom stereocenters. The Morgan fingerprint density at radius 2 is 1.36 bits per heavy atom. The van der Waals surface area contributed by atoms with E-state index in [2.05, 4.69) is 5.32 Å². The summed E-state index contributed by atoms with van der Waals surface area (Å²) in [6.45, 7) is 0. The van der Waals surface area contributed by atoms with Gasteiger partial charge < -0.3 is 15.6 Å². The van der Waals surface area contributed by atoms with Gasteiger partial charge in [0.25, 0.3) is 0 Å². The smallest absolute Gasteiger partial charge is 0.245 e. The highest BCUT2D eigenvalue weighted by atomic mass is 32.2. The number of carbonyl (C=O) groups excluding carboxylic acids is 1. The summed E-state index contributed by atoms with van der Waals surface area (Å²) in [4.78, 5) is 13.7. The minimum absolute atomic E-state index is 0.289. The van der Waals surface area contributed by atoms with Crippen molar-refractivity contribution in [2.45, 2.75) is 15.8 Å². The molecule has 25 heavy (non-hydrogen) atoms. The lowest BCUT2D eigenvalue weighted by Crippen LogP contribution is -2.27. The van der Waals surface area contributed by atoms with Gasteiger partial charge in [-0.15, -0.1) is 0 Å². The molecule has 0 fully saturated rings. The minimum atomic E-state index is -1.24. The molecule has 3 N–H and O–H groups in total. The molecule has 0 saturated heterocycles. The third kappa shape index (κ3) is 4.28. The fourth-order valence-corrected chi connectivity index (χ4v) is 3.43. The highest BCUT2D eigenvalue weighted by molar-refractivity contribution is 7.91. The number of nitrogens with two attached hydrogens (primary N) is 1. The number of hydrogen-bond acceptors (Lipinski definition) is 3. The Morgan fingerprint density at radius 1 is 0.840 bits per heavy atom. The van der Waals surface area contributed by atoms with E-state index in [4.69, 9.17) is 5.73 Å². The summed E-state index contributed by atoms with van der Waals surface area (Å²) in [5, 5.41) is 2.78. The van der Waals surface area contributed by atoms with Crippen molar-refractivity contribution in [2.75, 3.05) is 5.32 Å². The lowest BCUT2D eigenvalue weighted by Gasteiger charge is -2.13. The van der Waals surface area contributed by atoms with E-state index in [0.717, 1.165) is 10.5 Å². The summed E-state index contributed by atoms with van der Waals surface area (Å²) in [6.07, 6.45) is 0. The zero-order chi connectivity index (χ0) is 17.6. The first-order valence-electron chi connectivity index (χ1n) is 7.83. The van der Waals surface area contributed by atoms with Crippen molar-refractivity contribution in [3.8, 4) is 0 Å². The lowest BCUT2D eigenvalue weighted by atomic mass is 10.1. The minimum Gasteiger partial charge on any atom is -0.606 e. The van der Waals surface area contributed by atoms with Crippen LogP contribution in [0.15, 0.2) is 94.7 Å². The second kappa shape index (κ2) is 7.98. The number of nitrogens with one attached hydrogen (secondary N) is 1. The summed E-state index contributed by atoms with van der Waals surface area (Å²) < 4.78 is 12.5. The Kier molecular flexibility index (Phi) is 5.50. The van der Waals surface area contributed by atoms with Gasteiger partial charge in [0.15, 0.2) is 9.79 Å². The molecule has 2 unspecified atom stereocenters. The number of anilines is 1. The molecule has 0 aliphatic heterocycles. The molecule has 3 rings (SSSR count). The van der Waals surface area contributed by atoms with Crippen LogP contribution in [0.1, 0.15) is 11.6 Å². The summed E-state index contributed by atoms with van der Waals surface area (Å²) in [7, 11) is 0. The van der Waals surface area contributed by atoms with Crippen molar-refractivity contribution in [3.63, 3.8) is 0 Å². The largest absolute Gasteiger partial charge is 0.606 e. The van der Waals surface area contributed by atoms with Crippen LogP contribution in [0.25, 0.3) is 0 Å². The molecule has 126 valence electrons. The van der Waals surface area contributed by atoms with Crippen molar-refractivity contribution >= 4 is 22.8 Å². The van der Waals surface area contributed by atoms with Crippen LogP contribution in [0.4, 0.5) is 5.69 Å². The second-order valence-corrected chi connectivity index (χ2v) is 6.96. The van der Waals surface area contributed by atoms with E-state index >= 15 is 0 Å². The standard InChI is InChI=1S/C20H18N2O2S/c21-19(15-7-3-1-4-8-15)20(23)22-16-11-13-18(14-12-16)25(24)17-9-5-2-6-10-17/h1-14,19H,21H2,(H,22,23). The maximum Gasteiger partial charge on any atom is 0.245 e. The molecular weight excluding hydrogens is 332 g/mol. The number of amides is 1. The molecule has 4 nitrogen and oxygen atoms in total. The molecule has 5 heteroatoms. The molecule has 0 aliphatic carbocycles. The maximum absolute atomic E-state index is 12.5. The molecular formula is C20H18N2O2S. The van der Waals surface area contributed by atoms with E-state index in [9.17, 15) is 9.35 Å². The summed E-state index contributed by atoms with van der Waals surface area (Å²) in [6, 6.07) is 24.6. The van der Waals surface area contributed by atoms with Crippen LogP contribution in [0.5, 0.6) is 0 Å². The number of carbonyl (C=O) groups is 1. The van der Waals surface area contributed by atoms with Crippen LogP contribution in [0, 0.1) is 0 Å². The van der Waals surface area contributed by atoms with E-state index in [0.29, 0.717) is 10.6 Å². The highest BCUT2D eigenvalue weighted by Crippen LogP contribution is 2.22. The molecule has 3 aromatic rings. The van der Waals surface area contributed by atoms with Crippen molar-refractivity contribution in [1.82, 2.24) is 0 Å². The Hall–Kier alpha value is -2.60. The van der Waals surface area contributed by atoms with Gasteiger partial charge in [0.05, 0.1) is 0 Å². The van der Waals surface area contributed by atoms with Crippen LogP contribution in [0.3, 0.4) is 0 Å². The zero-order valence-electron chi connectivity index (χ0n) is 13.5. The van der Waals surface area contributed by atoms with Crippen LogP contribution in [-0.2, 0) is 16.0 Å². The Balaban J connectivity index is 1.67. The van der Waals surface area contributed by atoms with Gasteiger partial charge in [0, 0.05) is 16.9 Å². The van der Waals surface area contributed by atoms with E-state index in [1.54, 1.807) is 24.3 Å². The predicted octanol–water partition coefficient (Wildman–Crippen LogP) is 3.49. The average Bonchev–Trinajstić information content (AvgIpc) is 2.68. The van der Waals surface area contributed by atoms with Gasteiger partial charge in [0.1, 0.15) is 6.04 Å². The molecule has 0 heterocycles. The van der Waals surface area contributed by atoms with Crippen LogP contribution in [-0.4, -0.2) is 10.5 Å². The van der Waals surface area contributed by atoms with Crippen LogP contribution in [0.2, 0.25) is 0 Å². The van der Waals surface area contributed by atoms with Gasteiger partial charge in [-0.25, -0.2) is 0 Å². The molecule has 0 saturated carbocycles. The molecule has 0 spiro atoms. The van der Waals surface area contributed by atoms with Crippen molar-refractivity contribution in [1.29, 1.82) is 0 Å². The maximum atomic E-state index is 12.5. The summed E-state index contributed by atoms with van der Waals surface area (Å²) in [5.74, 6) is -0.289. The molecule has 0 aliphatic rings. The lowest BCUT2D eigenvalue weighted by molar-refractivity contribution is -0.117. The molecule has 1 amide bonds. The number of benzene rings is 3. The van der Waals surface area contributed by atoms with E-state index in [-0.39, 0.29) is 5.91 Å². The summed E-state index contributed by atoms with van der Waals surface area (Å²) in [5.41, 5.74) is 7.35. The van der Waals surface area contributed by atoms with Crippen LogP contribution < -0.4 is 11.1 Å². The Bertz CT molecular complexity index is 823. The first kappa shape index (κ1) is 17.2. The molecule has 0 bridgehead atoms. The molecule has 0 radical (unpaired) electrons. The normalized spacial score (nSPS) is 13.0. The fourth-order valence-electron chi connectivity index (χ4n) is 2.37. The third-order valence-electron chi connectivity index (χ3n) is 3.73. The fraction of sp³-hybridized carbons (Fsp3) is 0.0500. The Labute approximate surface area is 149 Å². The SMILES string of the molecule is NC(C(=O)Nc1ccc([S+]([O-])c2ccccc2)cc1)c1ccccc1. The van der Waals surface area contributed by atoms with Gasteiger partial charge in [-0.1, -0.05) is 48.5 Å². The van der Waals surface area contributed by atoms with E-state index in [1.807, 2.05) is 60.7 Å². The quantitative estimate of drug-likeness (QED) is 0.691. The first-order valence-corrected chi connectivity index (χ1v) is 8.98. The summed E-state index contributed by atoms with van der Waals surface area (Å²) >= 11 is -1.24. The van der Waals surface area contributed by atoms with Gasteiger partial charge >= 0.3 is 0 Å². The molecule has 0 aromatic heterocycles. The average molecular weight is 350 g/mol. The topological polar surface area (TPSA) is 78.2 Å². The van der Waals surface area contributed by atoms with E-state index in [1.165, 1.54) is 0 Å². The van der Waals surface area contributed by atoms with E-state index < -0.39 is 17.2 Å². The molecule has 3 aromatic carbocycles. The van der Waals surface area contributed by atoms with Crippen LogP contribution >= 0.6 is 0 Å². The van der Waals surface area contributed by atoms with Crippen molar-refractivity contribution in [2.24, 2.45) is 5.73 Å². The zero-order valence-corrected chi connectivity index (χ0v) is 14.3. The van der Waals surface area contributed by atoms with Gasteiger partial charge in [-0.05, 0) is 42.0 Å². The third-order valence-corrected chi connectivity index (χ3v) is 5.14. The van der Waals surface area contributed by atoms with Crippen molar-refractivity contribution in [3.05, 3.63) is 90.5 Å². The second-order valence-electron chi connectivity index (χ2n) is 5.48. The number of rotatable bonds is 5. The van der Waals surface area contributed by atoms with Gasteiger partial charge in [-0.3, -0.25) is 4.79 Å². The van der Waals surface area contributed by atoms with Gasteiger partial charge in [0.2, 0.25) is 5.91 Å². The highest BCUT2D eigenvalue weighted by Gasteiger charge is 2.17. The first-order chi connectivity index (χ1) is 12.1. The van der Waals surface area contributed by atoms with Gasteiger partial charge in [-0.2, -0.15) is 0 Å². The Morgan fingerprint density at radius 3 is 1.96 bits per heavy atom. The predicted molar refractivity (Wildman–Crippen MR) is 99.6 cm³/mol. The number of hydrogen-bond donors (Lipinski definition) is 2.